The highest BCUT2D eigenvalue weighted by molar-refractivity contribution is 5.94. The number of imidazole rings is 1. The molecule has 7 heteroatoms. The fraction of sp³-hybridized carbons (Fsp3) is 0.182. The number of aromatic amines is 1. The Labute approximate surface area is 233 Å². The van der Waals surface area contributed by atoms with E-state index in [-0.39, 0.29) is 24.6 Å². The molecule has 0 aliphatic heterocycles. The molecule has 0 saturated heterocycles. The van der Waals surface area contributed by atoms with Gasteiger partial charge in [0, 0.05) is 18.7 Å². The van der Waals surface area contributed by atoms with Crippen molar-refractivity contribution in [3.05, 3.63) is 137 Å². The molecule has 5 aromatic rings. The number of nitrogens with one attached hydrogen (secondary N) is 2. The van der Waals surface area contributed by atoms with Crippen LogP contribution in [0.2, 0.25) is 0 Å². The summed E-state index contributed by atoms with van der Waals surface area (Å²) in [5.41, 5.74) is 5.59. The number of hydrogen-bond donors (Lipinski definition) is 3. The second kappa shape index (κ2) is 12.9. The predicted octanol–water partition coefficient (Wildman–Crippen LogP) is 5.83. The second-order valence-electron chi connectivity index (χ2n) is 9.83. The number of rotatable bonds is 12. The number of hydrogen-bond acceptors (Lipinski definition) is 4. The number of amides is 1. The number of nitrogens with zero attached hydrogens (tertiary/aromatic N) is 2. The third kappa shape index (κ3) is 7.01. The number of carbonyl (C=O) groups is 2. The summed E-state index contributed by atoms with van der Waals surface area (Å²) >= 11 is 0. The Morgan fingerprint density at radius 1 is 0.775 bits per heavy atom. The molecule has 0 bridgehead atoms. The maximum Gasteiger partial charge on any atom is 0.335 e. The number of carbonyl (C=O) groups excluding carboxylic acids is 1. The topological polar surface area (TPSA) is 98.3 Å². The van der Waals surface area contributed by atoms with Gasteiger partial charge in [0.2, 0.25) is 0 Å². The zero-order valence-corrected chi connectivity index (χ0v) is 22.2. The van der Waals surface area contributed by atoms with Gasteiger partial charge in [-0.2, -0.15) is 0 Å². The third-order valence-electron chi connectivity index (χ3n) is 6.78. The lowest BCUT2D eigenvalue weighted by Crippen LogP contribution is -2.31. The summed E-state index contributed by atoms with van der Waals surface area (Å²) in [5, 5.41) is 12.9. The molecule has 0 aliphatic rings. The Balaban J connectivity index is 1.29. The van der Waals surface area contributed by atoms with Crippen LogP contribution >= 0.6 is 0 Å². The van der Waals surface area contributed by atoms with Crippen molar-refractivity contribution in [3.63, 3.8) is 0 Å². The molecule has 5 rings (SSSR count). The zero-order chi connectivity index (χ0) is 27.7. The van der Waals surface area contributed by atoms with Gasteiger partial charge in [0.1, 0.15) is 5.82 Å². The summed E-state index contributed by atoms with van der Waals surface area (Å²) in [4.78, 5) is 35.0. The van der Waals surface area contributed by atoms with Gasteiger partial charge in [-0.3, -0.25) is 4.79 Å². The predicted molar refractivity (Wildman–Crippen MR) is 156 cm³/mol. The van der Waals surface area contributed by atoms with E-state index in [0.29, 0.717) is 17.9 Å². The van der Waals surface area contributed by atoms with Crippen LogP contribution in [0.15, 0.2) is 103 Å². The summed E-state index contributed by atoms with van der Waals surface area (Å²) < 4.78 is 0. The number of fused-ring (bicyclic) bond motifs is 1. The minimum Gasteiger partial charge on any atom is -0.478 e. The van der Waals surface area contributed by atoms with Crippen molar-refractivity contribution in [2.45, 2.75) is 32.5 Å². The van der Waals surface area contributed by atoms with Crippen LogP contribution in [0.3, 0.4) is 0 Å². The fourth-order valence-electron chi connectivity index (χ4n) is 4.78. The first-order chi connectivity index (χ1) is 19.5. The zero-order valence-electron chi connectivity index (χ0n) is 22.2. The molecule has 0 unspecified atom stereocenters. The van der Waals surface area contributed by atoms with Crippen molar-refractivity contribution in [1.82, 2.24) is 20.2 Å². The molecule has 3 N–H and O–H groups in total. The molecular weight excluding hydrogens is 500 g/mol. The molecule has 1 heterocycles. The molecular formula is C33H32N4O3. The van der Waals surface area contributed by atoms with E-state index in [0.717, 1.165) is 41.5 Å². The summed E-state index contributed by atoms with van der Waals surface area (Å²) in [5.74, 6) is -0.478. The van der Waals surface area contributed by atoms with Gasteiger partial charge >= 0.3 is 5.97 Å². The Bertz CT molecular complexity index is 1560. The lowest BCUT2D eigenvalue weighted by atomic mass is 10.1. The van der Waals surface area contributed by atoms with Crippen molar-refractivity contribution in [3.8, 4) is 0 Å². The van der Waals surface area contributed by atoms with Crippen LogP contribution in [0.25, 0.3) is 11.0 Å². The van der Waals surface area contributed by atoms with Crippen molar-refractivity contribution >= 4 is 22.9 Å². The van der Waals surface area contributed by atoms with Crippen molar-refractivity contribution in [2.75, 3.05) is 6.54 Å². The number of aryl methyl sites for hydroxylation is 1. The van der Waals surface area contributed by atoms with E-state index in [4.69, 9.17) is 0 Å². The van der Waals surface area contributed by atoms with E-state index in [1.54, 1.807) is 23.1 Å². The Kier molecular flexibility index (Phi) is 8.63. The van der Waals surface area contributed by atoms with Crippen LogP contribution in [-0.4, -0.2) is 38.4 Å². The van der Waals surface area contributed by atoms with E-state index < -0.39 is 5.97 Å². The molecule has 1 amide bonds. The highest BCUT2D eigenvalue weighted by atomic mass is 16.4. The van der Waals surface area contributed by atoms with Gasteiger partial charge in [-0.25, -0.2) is 9.78 Å². The van der Waals surface area contributed by atoms with Crippen LogP contribution in [0, 0.1) is 0 Å². The van der Waals surface area contributed by atoms with E-state index in [1.807, 2.05) is 60.7 Å². The van der Waals surface area contributed by atoms with E-state index in [9.17, 15) is 14.7 Å². The first-order valence-corrected chi connectivity index (χ1v) is 13.4. The van der Waals surface area contributed by atoms with Crippen LogP contribution < -0.4 is 5.32 Å². The second-order valence-corrected chi connectivity index (χ2v) is 9.83. The molecule has 7 nitrogen and oxygen atoms in total. The van der Waals surface area contributed by atoms with E-state index >= 15 is 0 Å². The molecule has 0 aliphatic carbocycles. The number of H-pyrrole nitrogens is 1. The minimum absolute atomic E-state index is 0.146. The summed E-state index contributed by atoms with van der Waals surface area (Å²) in [7, 11) is 0. The molecule has 0 fully saturated rings. The SMILES string of the molecule is O=C(O)c1cccc(CN(Cc2nc3ccccc3[nH]2)C(=O)c2cccc(CNCCCc3ccccc3)c2)c1. The van der Waals surface area contributed by atoms with Crippen molar-refractivity contribution < 1.29 is 14.7 Å². The Morgan fingerprint density at radius 3 is 2.27 bits per heavy atom. The first-order valence-electron chi connectivity index (χ1n) is 13.4. The highest BCUT2D eigenvalue weighted by Gasteiger charge is 2.19. The quantitative estimate of drug-likeness (QED) is 0.176. The average molecular weight is 533 g/mol. The van der Waals surface area contributed by atoms with Gasteiger partial charge in [-0.15, -0.1) is 0 Å². The van der Waals surface area contributed by atoms with Gasteiger partial charge in [0.25, 0.3) is 5.91 Å². The number of aromatic carboxylic acids is 1. The molecule has 40 heavy (non-hydrogen) atoms. The maximum atomic E-state index is 13.8. The lowest BCUT2D eigenvalue weighted by Gasteiger charge is -2.22. The molecule has 0 radical (unpaired) electrons. The van der Waals surface area contributed by atoms with Crippen LogP contribution in [0.1, 0.15) is 49.7 Å². The van der Waals surface area contributed by atoms with Gasteiger partial charge in [0.15, 0.2) is 0 Å². The number of carboxylic acids is 1. The first kappa shape index (κ1) is 26.8. The third-order valence-corrected chi connectivity index (χ3v) is 6.78. The monoisotopic (exact) mass is 532 g/mol. The molecule has 0 saturated carbocycles. The van der Waals surface area contributed by atoms with E-state index in [1.165, 1.54) is 5.56 Å². The highest BCUT2D eigenvalue weighted by Crippen LogP contribution is 2.18. The molecule has 0 atom stereocenters. The van der Waals surface area contributed by atoms with E-state index in [2.05, 4.69) is 39.6 Å². The van der Waals surface area contributed by atoms with Crippen LogP contribution in [-0.2, 0) is 26.1 Å². The molecule has 202 valence electrons. The largest absolute Gasteiger partial charge is 0.478 e. The minimum atomic E-state index is -0.999. The van der Waals surface area contributed by atoms with Crippen LogP contribution in [0.4, 0.5) is 0 Å². The summed E-state index contributed by atoms with van der Waals surface area (Å²) in [6.45, 7) is 2.05. The normalized spacial score (nSPS) is 11.0. The van der Waals surface area contributed by atoms with Gasteiger partial charge in [-0.1, -0.05) is 66.7 Å². The molecule has 4 aromatic carbocycles. The average Bonchev–Trinajstić information content (AvgIpc) is 3.39. The van der Waals surface area contributed by atoms with Crippen molar-refractivity contribution in [1.29, 1.82) is 0 Å². The number of para-hydroxylation sites is 2. The van der Waals surface area contributed by atoms with Gasteiger partial charge in [0.05, 0.1) is 23.1 Å². The molecule has 0 spiro atoms. The number of aromatic nitrogens is 2. The van der Waals surface area contributed by atoms with Crippen LogP contribution in [0.5, 0.6) is 0 Å². The fourth-order valence-corrected chi connectivity index (χ4v) is 4.78. The molecule has 1 aromatic heterocycles. The van der Waals surface area contributed by atoms with Gasteiger partial charge < -0.3 is 20.3 Å². The Morgan fingerprint density at radius 2 is 1.48 bits per heavy atom. The lowest BCUT2D eigenvalue weighted by molar-refractivity contribution is 0.0696. The number of benzene rings is 4. The number of carboxylic acid groups (broad SMARTS) is 1. The van der Waals surface area contributed by atoms with Crippen molar-refractivity contribution in [2.24, 2.45) is 0 Å². The van der Waals surface area contributed by atoms with Gasteiger partial charge in [-0.05, 0) is 72.5 Å². The maximum absolute atomic E-state index is 13.8. The summed E-state index contributed by atoms with van der Waals surface area (Å²) in [6.07, 6.45) is 2.05. The smallest absolute Gasteiger partial charge is 0.335 e. The summed E-state index contributed by atoms with van der Waals surface area (Å²) in [6, 6.07) is 32.5. The standard InChI is InChI=1S/C33H32N4O3/c38-32(27-14-6-11-25(19-27)21-34-18-8-13-24-9-2-1-3-10-24)37(22-26-12-7-15-28(20-26)33(39)40)23-31-35-29-16-4-5-17-30(29)36-31/h1-7,9-12,14-17,19-20,34H,8,13,18,21-23H2,(H,35,36)(H,39,40). The Hall–Kier alpha value is -4.75.